The molecule has 0 aliphatic heterocycles. The zero-order valence-electron chi connectivity index (χ0n) is 11.9. The van der Waals surface area contributed by atoms with E-state index in [0.29, 0.717) is 13.0 Å². The van der Waals surface area contributed by atoms with E-state index in [1.807, 2.05) is 6.92 Å². The van der Waals surface area contributed by atoms with Gasteiger partial charge < -0.3 is 10.4 Å². The first kappa shape index (κ1) is 15.4. The van der Waals surface area contributed by atoms with Crippen molar-refractivity contribution >= 4 is 0 Å². The Bertz CT molecular complexity index is 564. The molecular formula is C17H19F2NO. The van der Waals surface area contributed by atoms with Gasteiger partial charge in [0.1, 0.15) is 17.4 Å². The van der Waals surface area contributed by atoms with Crippen molar-refractivity contribution < 1.29 is 13.9 Å². The number of phenols is 1. The maximum Gasteiger partial charge on any atom is 0.130 e. The van der Waals surface area contributed by atoms with E-state index >= 15 is 0 Å². The summed E-state index contributed by atoms with van der Waals surface area (Å²) in [6.07, 6.45) is 1.33. The number of nitrogens with one attached hydrogen (secondary N) is 1. The third-order valence-corrected chi connectivity index (χ3v) is 3.37. The standard InChI is InChI=1S/C17H19F2NO/c1-2-10-20-16(11-12-6-8-13(21)9-7-12)17-14(18)4-3-5-15(17)19/h3-9,16,20-21H,2,10-11H2,1H3. The van der Waals surface area contributed by atoms with Crippen LogP contribution in [0, 0.1) is 11.6 Å². The fraction of sp³-hybridized carbons (Fsp3) is 0.294. The van der Waals surface area contributed by atoms with Gasteiger partial charge in [-0.1, -0.05) is 25.1 Å². The molecule has 0 saturated heterocycles. The van der Waals surface area contributed by atoms with Crippen LogP contribution in [0.15, 0.2) is 42.5 Å². The molecule has 0 radical (unpaired) electrons. The molecule has 1 unspecified atom stereocenters. The summed E-state index contributed by atoms with van der Waals surface area (Å²) < 4.78 is 27.9. The highest BCUT2D eigenvalue weighted by Gasteiger charge is 2.19. The lowest BCUT2D eigenvalue weighted by atomic mass is 9.97. The van der Waals surface area contributed by atoms with Crippen LogP contribution in [-0.2, 0) is 6.42 Å². The van der Waals surface area contributed by atoms with E-state index in [1.165, 1.54) is 18.2 Å². The molecular weight excluding hydrogens is 272 g/mol. The van der Waals surface area contributed by atoms with E-state index < -0.39 is 17.7 Å². The van der Waals surface area contributed by atoms with Crippen LogP contribution in [0.1, 0.15) is 30.5 Å². The monoisotopic (exact) mass is 291 g/mol. The molecule has 0 aliphatic carbocycles. The summed E-state index contributed by atoms with van der Waals surface area (Å²) in [5.74, 6) is -0.904. The van der Waals surface area contributed by atoms with Crippen LogP contribution in [0.25, 0.3) is 0 Å². The van der Waals surface area contributed by atoms with Gasteiger partial charge >= 0.3 is 0 Å². The Kier molecular flexibility index (Phi) is 5.28. The van der Waals surface area contributed by atoms with Gasteiger partial charge in [-0.3, -0.25) is 0 Å². The van der Waals surface area contributed by atoms with Gasteiger partial charge in [0.15, 0.2) is 0 Å². The Labute approximate surface area is 123 Å². The molecule has 0 aliphatic rings. The summed E-state index contributed by atoms with van der Waals surface area (Å²) >= 11 is 0. The molecule has 2 rings (SSSR count). The molecule has 0 bridgehead atoms. The maximum absolute atomic E-state index is 14.0. The molecule has 0 aromatic heterocycles. The van der Waals surface area contributed by atoms with Gasteiger partial charge in [0.05, 0.1) is 0 Å². The summed E-state index contributed by atoms with van der Waals surface area (Å²) in [6, 6.07) is 10.1. The fourth-order valence-corrected chi connectivity index (χ4v) is 2.31. The second-order valence-corrected chi connectivity index (χ2v) is 5.01. The lowest BCUT2D eigenvalue weighted by Crippen LogP contribution is -2.26. The molecule has 2 aromatic carbocycles. The SMILES string of the molecule is CCCNC(Cc1ccc(O)cc1)c1c(F)cccc1F. The molecule has 0 saturated carbocycles. The number of benzene rings is 2. The molecule has 2 nitrogen and oxygen atoms in total. The van der Waals surface area contributed by atoms with Crippen molar-refractivity contribution in [3.8, 4) is 5.75 Å². The van der Waals surface area contributed by atoms with Crippen LogP contribution in [0.3, 0.4) is 0 Å². The van der Waals surface area contributed by atoms with Crippen molar-refractivity contribution in [3.05, 3.63) is 65.2 Å². The first-order chi connectivity index (χ1) is 10.1. The van der Waals surface area contributed by atoms with Crippen molar-refractivity contribution in [1.29, 1.82) is 0 Å². The lowest BCUT2D eigenvalue weighted by Gasteiger charge is -2.20. The Balaban J connectivity index is 2.27. The van der Waals surface area contributed by atoms with E-state index in [2.05, 4.69) is 5.32 Å². The smallest absolute Gasteiger partial charge is 0.130 e. The molecule has 2 aromatic rings. The predicted octanol–water partition coefficient (Wildman–Crippen LogP) is 3.95. The second kappa shape index (κ2) is 7.18. The number of phenolic OH excluding ortho intramolecular Hbond substituents is 1. The molecule has 112 valence electrons. The fourth-order valence-electron chi connectivity index (χ4n) is 2.31. The normalized spacial score (nSPS) is 12.3. The quantitative estimate of drug-likeness (QED) is 0.844. The minimum Gasteiger partial charge on any atom is -0.508 e. The topological polar surface area (TPSA) is 32.3 Å². The van der Waals surface area contributed by atoms with Gasteiger partial charge in [0.2, 0.25) is 0 Å². The van der Waals surface area contributed by atoms with Crippen LogP contribution < -0.4 is 5.32 Å². The predicted molar refractivity (Wildman–Crippen MR) is 79.2 cm³/mol. The Morgan fingerprint density at radius 2 is 1.67 bits per heavy atom. The number of hydrogen-bond donors (Lipinski definition) is 2. The van der Waals surface area contributed by atoms with Crippen molar-refractivity contribution in [2.75, 3.05) is 6.54 Å². The van der Waals surface area contributed by atoms with Crippen LogP contribution >= 0.6 is 0 Å². The number of rotatable bonds is 6. The zero-order chi connectivity index (χ0) is 15.2. The molecule has 1 atom stereocenters. The van der Waals surface area contributed by atoms with Crippen molar-refractivity contribution in [2.24, 2.45) is 0 Å². The summed E-state index contributed by atoms with van der Waals surface area (Å²) in [4.78, 5) is 0. The Morgan fingerprint density at radius 3 is 2.24 bits per heavy atom. The maximum atomic E-state index is 14.0. The largest absolute Gasteiger partial charge is 0.508 e. The average Bonchev–Trinajstić information content (AvgIpc) is 2.46. The number of aromatic hydroxyl groups is 1. The van der Waals surface area contributed by atoms with Gasteiger partial charge in [-0.2, -0.15) is 0 Å². The highest BCUT2D eigenvalue weighted by Crippen LogP contribution is 2.25. The van der Waals surface area contributed by atoms with Crippen LogP contribution in [0.5, 0.6) is 5.75 Å². The highest BCUT2D eigenvalue weighted by atomic mass is 19.1. The van der Waals surface area contributed by atoms with E-state index in [0.717, 1.165) is 12.0 Å². The van der Waals surface area contributed by atoms with E-state index in [4.69, 9.17) is 0 Å². The van der Waals surface area contributed by atoms with Crippen molar-refractivity contribution in [3.63, 3.8) is 0 Å². The molecule has 0 heterocycles. The number of hydrogen-bond acceptors (Lipinski definition) is 2. The van der Waals surface area contributed by atoms with Crippen LogP contribution in [0.2, 0.25) is 0 Å². The summed E-state index contributed by atoms with van der Waals surface area (Å²) in [5.41, 5.74) is 0.975. The molecule has 0 amide bonds. The Hall–Kier alpha value is -1.94. The lowest BCUT2D eigenvalue weighted by molar-refractivity contribution is 0.462. The minimum atomic E-state index is -0.539. The van der Waals surface area contributed by atoms with Gasteiger partial charge in [0.25, 0.3) is 0 Å². The molecule has 4 heteroatoms. The van der Waals surface area contributed by atoms with Gasteiger partial charge in [-0.15, -0.1) is 0 Å². The summed E-state index contributed by atoms with van der Waals surface area (Å²) in [6.45, 7) is 2.68. The Morgan fingerprint density at radius 1 is 1.05 bits per heavy atom. The van der Waals surface area contributed by atoms with Crippen LogP contribution in [-0.4, -0.2) is 11.7 Å². The molecule has 2 N–H and O–H groups in total. The molecule has 21 heavy (non-hydrogen) atoms. The second-order valence-electron chi connectivity index (χ2n) is 5.01. The molecule has 0 fully saturated rings. The average molecular weight is 291 g/mol. The van der Waals surface area contributed by atoms with E-state index in [-0.39, 0.29) is 11.3 Å². The minimum absolute atomic E-state index is 0.0685. The number of halogens is 2. The van der Waals surface area contributed by atoms with Gasteiger partial charge in [-0.05, 0) is 49.2 Å². The first-order valence-electron chi connectivity index (χ1n) is 7.07. The zero-order valence-corrected chi connectivity index (χ0v) is 11.9. The van der Waals surface area contributed by atoms with E-state index in [1.54, 1.807) is 24.3 Å². The first-order valence-corrected chi connectivity index (χ1v) is 7.07. The highest BCUT2D eigenvalue weighted by molar-refractivity contribution is 5.29. The van der Waals surface area contributed by atoms with Crippen molar-refractivity contribution in [1.82, 2.24) is 5.32 Å². The van der Waals surface area contributed by atoms with Gasteiger partial charge in [-0.25, -0.2) is 8.78 Å². The summed E-state index contributed by atoms with van der Waals surface area (Å²) in [7, 11) is 0. The third-order valence-electron chi connectivity index (χ3n) is 3.37. The molecule has 0 spiro atoms. The van der Waals surface area contributed by atoms with Crippen molar-refractivity contribution in [2.45, 2.75) is 25.8 Å². The van der Waals surface area contributed by atoms with E-state index in [9.17, 15) is 13.9 Å². The van der Waals surface area contributed by atoms with Crippen LogP contribution in [0.4, 0.5) is 8.78 Å². The van der Waals surface area contributed by atoms with Gasteiger partial charge in [0, 0.05) is 11.6 Å². The third kappa shape index (κ3) is 4.02. The summed E-state index contributed by atoms with van der Waals surface area (Å²) in [5, 5.41) is 12.5.